The highest BCUT2D eigenvalue weighted by atomic mass is 35.5. The second-order valence-corrected chi connectivity index (χ2v) is 9.90. The fourth-order valence-corrected chi connectivity index (χ4v) is 5.09. The van der Waals surface area contributed by atoms with Crippen LogP contribution in [0, 0.1) is 5.82 Å². The fraction of sp³-hybridized carbons (Fsp3) is 0.115. The third-order valence-corrected chi connectivity index (χ3v) is 7.30. The van der Waals surface area contributed by atoms with Crippen LogP contribution in [0.15, 0.2) is 95.9 Å². The standard InChI is InChI=1S/C26H22ClFN2O4S/c27-24-17-21(11-13-25(24)28)30(35(32,33)23-8-2-1-3-9-23)18-26(31)29-14-15-34-22-12-10-19-6-4-5-7-20(19)16-22/h1-13,16-17H,14-15,18H2,(H,29,31). The number of rotatable bonds is 9. The van der Waals surface area contributed by atoms with Gasteiger partial charge in [0.25, 0.3) is 10.0 Å². The summed E-state index contributed by atoms with van der Waals surface area (Å²) in [5.74, 6) is -0.581. The van der Waals surface area contributed by atoms with Crippen molar-refractivity contribution in [1.29, 1.82) is 0 Å². The molecule has 4 aromatic rings. The Hall–Kier alpha value is -3.62. The molecule has 4 rings (SSSR count). The van der Waals surface area contributed by atoms with Gasteiger partial charge in [0.2, 0.25) is 5.91 Å². The number of anilines is 1. The van der Waals surface area contributed by atoms with Crippen LogP contribution in [0.3, 0.4) is 0 Å². The summed E-state index contributed by atoms with van der Waals surface area (Å²) < 4.78 is 46.8. The molecule has 0 aliphatic heterocycles. The van der Waals surface area contributed by atoms with Crippen molar-refractivity contribution < 1.29 is 22.3 Å². The minimum Gasteiger partial charge on any atom is -0.492 e. The molecule has 1 N–H and O–H groups in total. The molecule has 0 aromatic heterocycles. The first kappa shape index (κ1) is 24.5. The van der Waals surface area contributed by atoms with Crippen LogP contribution in [0.25, 0.3) is 10.8 Å². The van der Waals surface area contributed by atoms with Gasteiger partial charge < -0.3 is 10.1 Å². The van der Waals surface area contributed by atoms with Crippen molar-refractivity contribution in [2.45, 2.75) is 4.90 Å². The third-order valence-electron chi connectivity index (χ3n) is 5.22. The van der Waals surface area contributed by atoms with Gasteiger partial charge in [0.1, 0.15) is 24.7 Å². The Labute approximate surface area is 208 Å². The first-order valence-corrected chi connectivity index (χ1v) is 12.6. The molecule has 0 aliphatic carbocycles. The number of nitrogens with zero attached hydrogens (tertiary/aromatic N) is 1. The van der Waals surface area contributed by atoms with Crippen molar-refractivity contribution in [3.8, 4) is 5.75 Å². The highest BCUT2D eigenvalue weighted by molar-refractivity contribution is 7.92. The van der Waals surface area contributed by atoms with Crippen molar-refractivity contribution in [3.63, 3.8) is 0 Å². The Morgan fingerprint density at radius 3 is 2.37 bits per heavy atom. The molecule has 0 atom stereocenters. The zero-order chi connectivity index (χ0) is 24.8. The Kier molecular flexibility index (Phi) is 7.53. The van der Waals surface area contributed by atoms with E-state index in [0.717, 1.165) is 21.1 Å². The lowest BCUT2D eigenvalue weighted by atomic mass is 10.1. The van der Waals surface area contributed by atoms with Crippen LogP contribution in [0.2, 0.25) is 5.02 Å². The van der Waals surface area contributed by atoms with Crippen molar-refractivity contribution in [2.75, 3.05) is 24.0 Å². The van der Waals surface area contributed by atoms with E-state index in [-0.39, 0.29) is 28.8 Å². The summed E-state index contributed by atoms with van der Waals surface area (Å²) >= 11 is 5.87. The predicted molar refractivity (Wildman–Crippen MR) is 135 cm³/mol. The van der Waals surface area contributed by atoms with Crippen LogP contribution in [-0.4, -0.2) is 34.0 Å². The summed E-state index contributed by atoms with van der Waals surface area (Å²) in [6.07, 6.45) is 0. The van der Waals surface area contributed by atoms with Gasteiger partial charge in [-0.3, -0.25) is 9.10 Å². The van der Waals surface area contributed by atoms with Gasteiger partial charge in [0.05, 0.1) is 22.2 Å². The van der Waals surface area contributed by atoms with Gasteiger partial charge in [-0.05, 0) is 53.2 Å². The molecule has 0 aliphatic rings. The number of nitrogens with one attached hydrogen (secondary N) is 1. The van der Waals surface area contributed by atoms with Crippen LogP contribution < -0.4 is 14.4 Å². The largest absolute Gasteiger partial charge is 0.492 e. The lowest BCUT2D eigenvalue weighted by Gasteiger charge is -2.24. The summed E-state index contributed by atoms with van der Waals surface area (Å²) in [7, 11) is -4.11. The van der Waals surface area contributed by atoms with Gasteiger partial charge in [-0.1, -0.05) is 60.1 Å². The highest BCUT2D eigenvalue weighted by Crippen LogP contribution is 2.27. The number of benzene rings is 4. The molecular weight excluding hydrogens is 491 g/mol. The molecule has 4 aromatic carbocycles. The number of carbonyl (C=O) groups is 1. The maximum Gasteiger partial charge on any atom is 0.264 e. The second kappa shape index (κ2) is 10.8. The van der Waals surface area contributed by atoms with Gasteiger partial charge in [-0.15, -0.1) is 0 Å². The molecule has 0 saturated heterocycles. The van der Waals surface area contributed by atoms with Crippen LogP contribution in [0.5, 0.6) is 5.75 Å². The average molecular weight is 513 g/mol. The number of carbonyl (C=O) groups excluding carboxylic acids is 1. The normalized spacial score (nSPS) is 11.3. The fourth-order valence-electron chi connectivity index (χ4n) is 3.48. The van der Waals surface area contributed by atoms with Gasteiger partial charge in [0, 0.05) is 0 Å². The second-order valence-electron chi connectivity index (χ2n) is 7.63. The maximum absolute atomic E-state index is 13.7. The van der Waals surface area contributed by atoms with Crippen molar-refractivity contribution in [1.82, 2.24) is 5.32 Å². The number of amides is 1. The van der Waals surface area contributed by atoms with Crippen molar-refractivity contribution in [2.24, 2.45) is 0 Å². The summed E-state index contributed by atoms with van der Waals surface area (Å²) in [5, 5.41) is 4.54. The van der Waals surface area contributed by atoms with Crippen molar-refractivity contribution in [3.05, 3.63) is 102 Å². The van der Waals surface area contributed by atoms with Gasteiger partial charge >= 0.3 is 0 Å². The van der Waals surface area contributed by atoms with Crippen LogP contribution in [0.1, 0.15) is 0 Å². The number of halogens is 2. The molecule has 0 saturated carbocycles. The topological polar surface area (TPSA) is 75.7 Å². The molecule has 9 heteroatoms. The molecule has 0 heterocycles. The molecule has 180 valence electrons. The maximum atomic E-state index is 13.7. The molecule has 0 unspecified atom stereocenters. The average Bonchev–Trinajstić information content (AvgIpc) is 2.87. The number of fused-ring (bicyclic) bond motifs is 1. The van der Waals surface area contributed by atoms with Crippen LogP contribution in [-0.2, 0) is 14.8 Å². The van der Waals surface area contributed by atoms with E-state index in [1.807, 2.05) is 42.5 Å². The SMILES string of the molecule is O=C(CN(c1ccc(F)c(Cl)c1)S(=O)(=O)c1ccccc1)NCCOc1ccc2ccccc2c1. The molecule has 1 amide bonds. The summed E-state index contributed by atoms with van der Waals surface area (Å²) in [4.78, 5) is 12.7. The van der Waals surface area contributed by atoms with Gasteiger partial charge in [-0.2, -0.15) is 0 Å². The molecule has 0 fully saturated rings. The third kappa shape index (κ3) is 5.90. The smallest absolute Gasteiger partial charge is 0.264 e. The van der Waals surface area contributed by atoms with E-state index in [1.54, 1.807) is 18.2 Å². The minimum atomic E-state index is -4.11. The zero-order valence-corrected chi connectivity index (χ0v) is 20.1. The van der Waals surface area contributed by atoms with E-state index in [9.17, 15) is 17.6 Å². The summed E-state index contributed by atoms with van der Waals surface area (Å²) in [6, 6.07) is 24.7. The van der Waals surface area contributed by atoms with Crippen molar-refractivity contribution >= 4 is 44.0 Å². The molecule has 0 spiro atoms. The van der Waals surface area contributed by atoms with Gasteiger partial charge in [0.15, 0.2) is 0 Å². The van der Waals surface area contributed by atoms with Gasteiger partial charge in [-0.25, -0.2) is 12.8 Å². The number of sulfonamides is 1. The zero-order valence-electron chi connectivity index (χ0n) is 18.5. The summed E-state index contributed by atoms with van der Waals surface area (Å²) in [6.45, 7) is -0.165. The van der Waals surface area contributed by atoms with E-state index in [2.05, 4.69) is 5.32 Å². The Morgan fingerprint density at radius 2 is 1.63 bits per heavy atom. The minimum absolute atomic E-state index is 0.00659. The summed E-state index contributed by atoms with van der Waals surface area (Å²) in [5.41, 5.74) is 0.0721. The van der Waals surface area contributed by atoms with Crippen LogP contribution >= 0.6 is 11.6 Å². The number of hydrogen-bond acceptors (Lipinski definition) is 4. The van der Waals surface area contributed by atoms with E-state index >= 15 is 0 Å². The highest BCUT2D eigenvalue weighted by Gasteiger charge is 2.27. The Balaban J connectivity index is 1.43. The van der Waals surface area contributed by atoms with E-state index in [1.165, 1.54) is 24.3 Å². The molecule has 0 bridgehead atoms. The predicted octanol–water partition coefficient (Wildman–Crippen LogP) is 5.02. The quantitative estimate of drug-likeness (QED) is 0.319. The van der Waals surface area contributed by atoms with E-state index < -0.39 is 28.3 Å². The van der Waals surface area contributed by atoms with E-state index in [0.29, 0.717) is 5.75 Å². The first-order chi connectivity index (χ1) is 16.8. The molecular formula is C26H22ClFN2O4S. The Bertz CT molecular complexity index is 1450. The lowest BCUT2D eigenvalue weighted by Crippen LogP contribution is -2.42. The molecule has 6 nitrogen and oxygen atoms in total. The first-order valence-electron chi connectivity index (χ1n) is 10.8. The molecule has 35 heavy (non-hydrogen) atoms. The number of hydrogen-bond donors (Lipinski definition) is 1. The van der Waals surface area contributed by atoms with E-state index in [4.69, 9.17) is 16.3 Å². The van der Waals surface area contributed by atoms with Crippen LogP contribution in [0.4, 0.5) is 10.1 Å². The number of ether oxygens (including phenoxy) is 1. The Morgan fingerprint density at radius 1 is 0.914 bits per heavy atom. The lowest BCUT2D eigenvalue weighted by molar-refractivity contribution is -0.119. The monoisotopic (exact) mass is 512 g/mol. The molecule has 0 radical (unpaired) electrons.